The van der Waals surface area contributed by atoms with Gasteiger partial charge in [0.15, 0.2) is 0 Å². The largest absolute Gasteiger partial charge is 0.326 e. The number of piperidine rings is 1. The number of thiophene rings is 1. The van der Waals surface area contributed by atoms with Gasteiger partial charge in [0.1, 0.15) is 4.21 Å². The van der Waals surface area contributed by atoms with Crippen LogP contribution < -0.4 is 10.6 Å². The van der Waals surface area contributed by atoms with Crippen molar-refractivity contribution in [2.24, 2.45) is 5.92 Å². The van der Waals surface area contributed by atoms with Gasteiger partial charge >= 0.3 is 0 Å². The third-order valence-corrected chi connectivity index (χ3v) is 7.85. The average Bonchev–Trinajstić information content (AvgIpc) is 3.09. The first-order valence-corrected chi connectivity index (χ1v) is 11.3. The van der Waals surface area contributed by atoms with Gasteiger partial charge < -0.3 is 10.6 Å². The number of benzene rings is 1. The Kier molecular flexibility index (Phi) is 6.17. The van der Waals surface area contributed by atoms with Crippen LogP contribution in [0.2, 0.25) is 0 Å². The Morgan fingerprint density at radius 2 is 1.86 bits per heavy atom. The number of amides is 2. The van der Waals surface area contributed by atoms with Crippen LogP contribution in [0.1, 0.15) is 24.6 Å². The molecule has 1 saturated heterocycles. The van der Waals surface area contributed by atoms with Crippen LogP contribution in [0.4, 0.5) is 11.4 Å². The standard InChI is InChI=1S/C19H23N3O4S2/c1-13-8-9-18(27-13)28(25,26)22-10-4-5-15(12-22)19(24)21-17-7-3-6-16(11-17)20-14(2)23/h3,6-9,11,15H,4-5,10,12H2,1-2H3,(H,20,23)(H,21,24). The van der Waals surface area contributed by atoms with Gasteiger partial charge in [0.05, 0.1) is 5.92 Å². The number of aryl methyl sites for hydroxylation is 1. The van der Waals surface area contributed by atoms with Crippen molar-refractivity contribution in [3.05, 3.63) is 41.3 Å². The molecular formula is C19H23N3O4S2. The molecule has 0 saturated carbocycles. The maximum atomic E-state index is 12.8. The van der Waals surface area contributed by atoms with Gasteiger partial charge in [-0.15, -0.1) is 11.3 Å². The molecule has 7 nitrogen and oxygen atoms in total. The number of carbonyl (C=O) groups is 2. The van der Waals surface area contributed by atoms with E-state index in [1.54, 1.807) is 36.4 Å². The van der Waals surface area contributed by atoms with E-state index in [9.17, 15) is 18.0 Å². The van der Waals surface area contributed by atoms with E-state index in [0.717, 1.165) is 4.88 Å². The predicted octanol–water partition coefficient (Wildman–Crippen LogP) is 3.05. The highest BCUT2D eigenvalue weighted by Gasteiger charge is 2.34. The zero-order valence-corrected chi connectivity index (χ0v) is 17.4. The summed E-state index contributed by atoms with van der Waals surface area (Å²) >= 11 is 1.24. The molecule has 0 radical (unpaired) electrons. The number of nitrogens with one attached hydrogen (secondary N) is 2. The minimum absolute atomic E-state index is 0.163. The van der Waals surface area contributed by atoms with Crippen molar-refractivity contribution in [2.75, 3.05) is 23.7 Å². The third kappa shape index (κ3) is 4.78. The Bertz CT molecular complexity index is 985. The summed E-state index contributed by atoms with van der Waals surface area (Å²) in [5, 5.41) is 5.50. The average molecular weight is 422 g/mol. The fourth-order valence-corrected chi connectivity index (χ4v) is 6.14. The van der Waals surface area contributed by atoms with Crippen LogP contribution in [-0.2, 0) is 19.6 Å². The monoisotopic (exact) mass is 421 g/mol. The van der Waals surface area contributed by atoms with E-state index in [-0.39, 0.29) is 18.4 Å². The summed E-state index contributed by atoms with van der Waals surface area (Å²) in [7, 11) is -3.58. The van der Waals surface area contributed by atoms with Crippen LogP contribution in [0.25, 0.3) is 0 Å². The Morgan fingerprint density at radius 3 is 2.50 bits per heavy atom. The zero-order valence-electron chi connectivity index (χ0n) is 15.8. The molecule has 1 unspecified atom stereocenters. The molecule has 0 aliphatic carbocycles. The molecule has 0 spiro atoms. The van der Waals surface area contributed by atoms with Gasteiger partial charge in [-0.1, -0.05) is 6.07 Å². The molecule has 2 N–H and O–H groups in total. The van der Waals surface area contributed by atoms with Gasteiger partial charge in [0.25, 0.3) is 10.0 Å². The number of hydrogen-bond donors (Lipinski definition) is 2. The molecule has 1 aromatic heterocycles. The predicted molar refractivity (Wildman–Crippen MR) is 110 cm³/mol. The van der Waals surface area contributed by atoms with E-state index in [0.29, 0.717) is 35.0 Å². The normalized spacial score (nSPS) is 17.9. The Labute approximate surface area is 168 Å². The first-order valence-electron chi connectivity index (χ1n) is 9.01. The summed E-state index contributed by atoms with van der Waals surface area (Å²) in [6.07, 6.45) is 1.26. The second kappa shape index (κ2) is 8.42. The molecule has 0 bridgehead atoms. The molecule has 1 aliphatic heterocycles. The van der Waals surface area contributed by atoms with E-state index in [2.05, 4.69) is 10.6 Å². The minimum atomic E-state index is -3.58. The fraction of sp³-hybridized carbons (Fsp3) is 0.368. The molecule has 150 valence electrons. The number of hydrogen-bond acceptors (Lipinski definition) is 5. The lowest BCUT2D eigenvalue weighted by atomic mass is 9.98. The topological polar surface area (TPSA) is 95.6 Å². The van der Waals surface area contributed by atoms with Crippen molar-refractivity contribution in [1.82, 2.24) is 4.31 Å². The van der Waals surface area contributed by atoms with Gasteiger partial charge in [-0.05, 0) is 50.1 Å². The molecule has 2 aromatic rings. The second-order valence-corrected chi connectivity index (χ2v) is 10.3. The zero-order chi connectivity index (χ0) is 20.3. The highest BCUT2D eigenvalue weighted by Crippen LogP contribution is 2.28. The first kappa shape index (κ1) is 20.5. The summed E-state index contributed by atoms with van der Waals surface area (Å²) in [4.78, 5) is 24.8. The van der Waals surface area contributed by atoms with E-state index < -0.39 is 15.9 Å². The van der Waals surface area contributed by atoms with Crippen molar-refractivity contribution >= 4 is 44.5 Å². The Hall–Kier alpha value is -2.23. The fourth-order valence-electron chi connectivity index (χ4n) is 3.18. The number of carbonyl (C=O) groups excluding carboxylic acids is 2. The number of sulfonamides is 1. The van der Waals surface area contributed by atoms with E-state index in [1.807, 2.05) is 6.92 Å². The van der Waals surface area contributed by atoms with Gasteiger partial charge in [-0.25, -0.2) is 8.42 Å². The summed E-state index contributed by atoms with van der Waals surface area (Å²) in [6.45, 7) is 3.86. The van der Waals surface area contributed by atoms with Crippen molar-refractivity contribution in [1.29, 1.82) is 0 Å². The molecule has 3 rings (SSSR count). The summed E-state index contributed by atoms with van der Waals surface area (Å²) in [5.41, 5.74) is 1.15. The Morgan fingerprint density at radius 1 is 1.14 bits per heavy atom. The number of nitrogens with zero attached hydrogens (tertiary/aromatic N) is 1. The molecule has 2 amide bonds. The van der Waals surface area contributed by atoms with Crippen LogP contribution in [-0.4, -0.2) is 37.6 Å². The first-order chi connectivity index (χ1) is 13.3. The van der Waals surface area contributed by atoms with E-state index >= 15 is 0 Å². The molecule has 2 heterocycles. The Balaban J connectivity index is 1.69. The van der Waals surface area contributed by atoms with Crippen LogP contribution in [0.3, 0.4) is 0 Å². The molecule has 28 heavy (non-hydrogen) atoms. The molecule has 1 aliphatic rings. The van der Waals surface area contributed by atoms with Crippen LogP contribution in [0.5, 0.6) is 0 Å². The van der Waals surface area contributed by atoms with Crippen LogP contribution in [0, 0.1) is 12.8 Å². The smallest absolute Gasteiger partial charge is 0.252 e. The molecule has 1 fully saturated rings. The van der Waals surface area contributed by atoms with Gasteiger partial charge in [-0.2, -0.15) is 4.31 Å². The lowest BCUT2D eigenvalue weighted by Crippen LogP contribution is -2.43. The molecular weight excluding hydrogens is 398 g/mol. The highest BCUT2D eigenvalue weighted by atomic mass is 32.2. The van der Waals surface area contributed by atoms with Crippen LogP contribution in [0.15, 0.2) is 40.6 Å². The van der Waals surface area contributed by atoms with Gasteiger partial charge in [0.2, 0.25) is 11.8 Å². The molecule has 1 aromatic carbocycles. The van der Waals surface area contributed by atoms with Crippen molar-refractivity contribution < 1.29 is 18.0 Å². The van der Waals surface area contributed by atoms with Crippen LogP contribution >= 0.6 is 11.3 Å². The maximum absolute atomic E-state index is 12.8. The number of anilines is 2. The lowest BCUT2D eigenvalue weighted by molar-refractivity contribution is -0.121. The summed E-state index contributed by atoms with van der Waals surface area (Å²) < 4.78 is 27.4. The summed E-state index contributed by atoms with van der Waals surface area (Å²) in [6, 6.07) is 10.3. The summed E-state index contributed by atoms with van der Waals surface area (Å²) in [5.74, 6) is -0.836. The number of rotatable bonds is 5. The highest BCUT2D eigenvalue weighted by molar-refractivity contribution is 7.91. The minimum Gasteiger partial charge on any atom is -0.326 e. The maximum Gasteiger partial charge on any atom is 0.252 e. The van der Waals surface area contributed by atoms with E-state index in [4.69, 9.17) is 0 Å². The van der Waals surface area contributed by atoms with E-state index in [1.165, 1.54) is 22.6 Å². The third-order valence-electron chi connectivity index (χ3n) is 4.52. The van der Waals surface area contributed by atoms with Crippen molar-refractivity contribution in [3.8, 4) is 0 Å². The van der Waals surface area contributed by atoms with Crippen molar-refractivity contribution in [3.63, 3.8) is 0 Å². The quantitative estimate of drug-likeness (QED) is 0.776. The second-order valence-electron chi connectivity index (χ2n) is 6.82. The van der Waals surface area contributed by atoms with Crippen molar-refractivity contribution in [2.45, 2.75) is 30.9 Å². The SMILES string of the molecule is CC(=O)Nc1cccc(NC(=O)C2CCCN(S(=O)(=O)c3ccc(C)s3)C2)c1. The molecule has 1 atom stereocenters. The molecule has 9 heteroatoms. The van der Waals surface area contributed by atoms with Gasteiger partial charge in [0, 0.05) is 36.3 Å². The van der Waals surface area contributed by atoms with Gasteiger partial charge in [-0.3, -0.25) is 9.59 Å². The lowest BCUT2D eigenvalue weighted by Gasteiger charge is -2.30.